The largest absolute Gasteiger partial charge is 0.251 e. The van der Waals surface area contributed by atoms with Crippen LogP contribution in [0.3, 0.4) is 0 Å². The lowest BCUT2D eigenvalue weighted by Gasteiger charge is -2.09. The van der Waals surface area contributed by atoms with Gasteiger partial charge >= 0.3 is 0 Å². The molecule has 0 saturated heterocycles. The lowest BCUT2D eigenvalue weighted by molar-refractivity contribution is 1.17. The van der Waals surface area contributed by atoms with E-state index in [0.717, 1.165) is 38.5 Å². The van der Waals surface area contributed by atoms with Crippen molar-refractivity contribution < 1.29 is 0 Å². The van der Waals surface area contributed by atoms with Gasteiger partial charge in [-0.2, -0.15) is 0 Å². The number of hydrogen-bond donors (Lipinski definition) is 0. The van der Waals surface area contributed by atoms with Crippen molar-refractivity contribution in [2.45, 2.75) is 6.92 Å². The highest BCUT2D eigenvalue weighted by atomic mass is 35.5. The van der Waals surface area contributed by atoms with Crippen molar-refractivity contribution in [3.05, 3.63) is 77.7 Å². The van der Waals surface area contributed by atoms with E-state index in [1.165, 1.54) is 0 Å². The van der Waals surface area contributed by atoms with Gasteiger partial charge in [-0.25, -0.2) is 9.97 Å². The van der Waals surface area contributed by atoms with E-state index < -0.39 is 0 Å². The SMILES string of the molecule is Cc1nc2nccnc2cc1-c1cccc(-c2ccc(Cl)cc2)c1. The van der Waals surface area contributed by atoms with Crippen molar-refractivity contribution in [1.29, 1.82) is 0 Å². The lowest BCUT2D eigenvalue weighted by atomic mass is 9.98. The van der Waals surface area contributed by atoms with E-state index in [1.54, 1.807) is 12.4 Å². The standard InChI is InChI=1S/C20H14ClN3/c1-13-18(12-19-20(24-13)23-10-9-22-19)16-4-2-3-15(11-16)14-5-7-17(21)8-6-14/h2-12H,1H3. The van der Waals surface area contributed by atoms with Gasteiger partial charge in [0.15, 0.2) is 5.65 Å². The van der Waals surface area contributed by atoms with Gasteiger partial charge in [0, 0.05) is 28.7 Å². The van der Waals surface area contributed by atoms with E-state index in [1.807, 2.05) is 37.3 Å². The molecule has 0 saturated carbocycles. The summed E-state index contributed by atoms with van der Waals surface area (Å²) in [6.45, 7) is 2.00. The molecule has 0 aliphatic heterocycles. The van der Waals surface area contributed by atoms with E-state index in [9.17, 15) is 0 Å². The number of aryl methyl sites for hydroxylation is 1. The number of halogens is 1. The second kappa shape index (κ2) is 6.02. The van der Waals surface area contributed by atoms with Crippen molar-refractivity contribution >= 4 is 22.8 Å². The zero-order valence-electron chi connectivity index (χ0n) is 13.1. The van der Waals surface area contributed by atoms with E-state index in [4.69, 9.17) is 11.6 Å². The monoisotopic (exact) mass is 331 g/mol. The average molecular weight is 332 g/mol. The second-order valence-corrected chi connectivity index (χ2v) is 6.04. The topological polar surface area (TPSA) is 38.7 Å². The third-order valence-electron chi connectivity index (χ3n) is 4.00. The summed E-state index contributed by atoms with van der Waals surface area (Å²) in [4.78, 5) is 13.2. The molecule has 24 heavy (non-hydrogen) atoms. The van der Waals surface area contributed by atoms with Crippen LogP contribution in [-0.4, -0.2) is 15.0 Å². The van der Waals surface area contributed by atoms with E-state index in [0.29, 0.717) is 5.65 Å². The van der Waals surface area contributed by atoms with Crippen LogP contribution in [0.1, 0.15) is 5.69 Å². The van der Waals surface area contributed by atoms with Crippen LogP contribution >= 0.6 is 11.6 Å². The van der Waals surface area contributed by atoms with Crippen LogP contribution in [0.25, 0.3) is 33.4 Å². The Balaban J connectivity index is 1.84. The van der Waals surface area contributed by atoms with Crippen LogP contribution in [0, 0.1) is 6.92 Å². The summed E-state index contributed by atoms with van der Waals surface area (Å²) < 4.78 is 0. The first-order valence-electron chi connectivity index (χ1n) is 7.65. The van der Waals surface area contributed by atoms with Crippen LogP contribution in [0.4, 0.5) is 0 Å². The molecule has 2 aromatic heterocycles. The molecule has 2 aromatic carbocycles. The van der Waals surface area contributed by atoms with Crippen LogP contribution in [-0.2, 0) is 0 Å². The highest BCUT2D eigenvalue weighted by Crippen LogP contribution is 2.29. The van der Waals surface area contributed by atoms with Gasteiger partial charge in [0.2, 0.25) is 0 Å². The van der Waals surface area contributed by atoms with Crippen molar-refractivity contribution in [2.75, 3.05) is 0 Å². The molecule has 0 fully saturated rings. The van der Waals surface area contributed by atoms with Gasteiger partial charge < -0.3 is 0 Å². The third kappa shape index (κ3) is 2.74. The third-order valence-corrected chi connectivity index (χ3v) is 4.25. The van der Waals surface area contributed by atoms with Gasteiger partial charge in [0.05, 0.1) is 0 Å². The molecule has 4 rings (SSSR count). The van der Waals surface area contributed by atoms with E-state index >= 15 is 0 Å². The number of rotatable bonds is 2. The number of fused-ring (bicyclic) bond motifs is 1. The van der Waals surface area contributed by atoms with Crippen molar-refractivity contribution in [3.63, 3.8) is 0 Å². The molecule has 0 aliphatic carbocycles. The maximum atomic E-state index is 5.98. The van der Waals surface area contributed by atoms with Gasteiger partial charge in [0.25, 0.3) is 0 Å². The second-order valence-electron chi connectivity index (χ2n) is 5.61. The van der Waals surface area contributed by atoms with Gasteiger partial charge in [0.1, 0.15) is 5.52 Å². The molecule has 3 nitrogen and oxygen atoms in total. The fourth-order valence-corrected chi connectivity index (χ4v) is 2.92. The molecule has 0 amide bonds. The molecular formula is C20H14ClN3. The molecule has 0 radical (unpaired) electrons. The number of benzene rings is 2. The van der Waals surface area contributed by atoms with Crippen LogP contribution in [0.5, 0.6) is 0 Å². The molecule has 0 spiro atoms. The summed E-state index contributed by atoms with van der Waals surface area (Å²) in [5.41, 5.74) is 6.87. The number of aromatic nitrogens is 3. The molecule has 4 heteroatoms. The summed E-state index contributed by atoms with van der Waals surface area (Å²) in [6, 6.07) is 18.3. The zero-order chi connectivity index (χ0) is 16.5. The number of pyridine rings is 1. The van der Waals surface area contributed by atoms with E-state index in [-0.39, 0.29) is 0 Å². The first-order valence-corrected chi connectivity index (χ1v) is 8.03. The Hall–Kier alpha value is -2.78. The maximum Gasteiger partial charge on any atom is 0.178 e. The highest BCUT2D eigenvalue weighted by molar-refractivity contribution is 6.30. The zero-order valence-corrected chi connectivity index (χ0v) is 13.8. The Morgan fingerprint density at radius 1 is 0.792 bits per heavy atom. The summed E-state index contributed by atoms with van der Waals surface area (Å²) in [5, 5.41) is 0.739. The molecule has 2 heterocycles. The summed E-state index contributed by atoms with van der Waals surface area (Å²) in [7, 11) is 0. The van der Waals surface area contributed by atoms with Gasteiger partial charge in [-0.1, -0.05) is 41.9 Å². The predicted molar refractivity (Wildman–Crippen MR) is 98.0 cm³/mol. The van der Waals surface area contributed by atoms with E-state index in [2.05, 4.69) is 39.2 Å². The predicted octanol–water partition coefficient (Wildman–Crippen LogP) is 5.32. The van der Waals surface area contributed by atoms with Crippen LogP contribution in [0.2, 0.25) is 5.02 Å². The van der Waals surface area contributed by atoms with Crippen molar-refractivity contribution in [1.82, 2.24) is 15.0 Å². The molecule has 0 unspecified atom stereocenters. The van der Waals surface area contributed by atoms with Gasteiger partial charge in [-0.3, -0.25) is 4.98 Å². The summed E-state index contributed by atoms with van der Waals surface area (Å²) in [6.07, 6.45) is 3.35. The first kappa shape index (κ1) is 14.8. The van der Waals surface area contributed by atoms with Crippen LogP contribution in [0.15, 0.2) is 67.0 Å². The maximum absolute atomic E-state index is 5.98. The average Bonchev–Trinajstić information content (AvgIpc) is 2.62. The molecule has 0 atom stereocenters. The fraction of sp³-hybridized carbons (Fsp3) is 0.0500. The Morgan fingerprint density at radius 3 is 2.38 bits per heavy atom. The molecule has 0 bridgehead atoms. The quantitative estimate of drug-likeness (QED) is 0.499. The Morgan fingerprint density at radius 2 is 1.54 bits per heavy atom. The fourth-order valence-electron chi connectivity index (χ4n) is 2.79. The molecule has 4 aromatic rings. The van der Waals surface area contributed by atoms with Gasteiger partial charge in [-0.05, 0) is 47.9 Å². The Kier molecular flexibility index (Phi) is 3.71. The number of hydrogen-bond acceptors (Lipinski definition) is 3. The van der Waals surface area contributed by atoms with Crippen molar-refractivity contribution in [2.24, 2.45) is 0 Å². The molecule has 0 aliphatic rings. The molecular weight excluding hydrogens is 318 g/mol. The Bertz CT molecular complexity index is 1030. The summed E-state index contributed by atoms with van der Waals surface area (Å²) in [5.74, 6) is 0. The van der Waals surface area contributed by atoms with Crippen LogP contribution < -0.4 is 0 Å². The minimum absolute atomic E-state index is 0.674. The normalized spacial score (nSPS) is 10.9. The summed E-state index contributed by atoms with van der Waals surface area (Å²) >= 11 is 5.98. The molecule has 116 valence electrons. The minimum Gasteiger partial charge on any atom is -0.251 e. The Labute approximate surface area is 145 Å². The first-order chi connectivity index (χ1) is 11.7. The number of nitrogens with zero attached hydrogens (tertiary/aromatic N) is 3. The lowest BCUT2D eigenvalue weighted by Crippen LogP contribution is -1.93. The van der Waals surface area contributed by atoms with Gasteiger partial charge in [-0.15, -0.1) is 0 Å². The smallest absolute Gasteiger partial charge is 0.178 e. The minimum atomic E-state index is 0.674. The van der Waals surface area contributed by atoms with Crippen molar-refractivity contribution in [3.8, 4) is 22.3 Å². The molecule has 0 N–H and O–H groups in total. The highest BCUT2D eigenvalue weighted by Gasteiger charge is 2.08.